The summed E-state index contributed by atoms with van der Waals surface area (Å²) in [5.74, 6) is 1.22. The third-order valence-electron chi connectivity index (χ3n) is 3.11. The Labute approximate surface area is 119 Å². The molecule has 0 atom stereocenters. The number of nitrogens with zero attached hydrogens (tertiary/aromatic N) is 4. The van der Waals surface area contributed by atoms with Gasteiger partial charge in [0.1, 0.15) is 0 Å². The lowest BCUT2D eigenvalue weighted by atomic mass is 10.1. The van der Waals surface area contributed by atoms with Crippen LogP contribution in [0, 0.1) is 0 Å². The van der Waals surface area contributed by atoms with Gasteiger partial charge in [-0.15, -0.1) is 0 Å². The zero-order valence-corrected chi connectivity index (χ0v) is 12.0. The molecule has 1 aromatic heterocycles. The second kappa shape index (κ2) is 7.84. The van der Waals surface area contributed by atoms with E-state index in [9.17, 15) is 0 Å². The molecule has 0 aromatic carbocycles. The fourth-order valence-electron chi connectivity index (χ4n) is 2.11. The molecular weight excluding hydrogens is 258 g/mol. The van der Waals surface area contributed by atoms with Gasteiger partial charge < -0.3 is 20.1 Å². The highest BCUT2D eigenvalue weighted by Crippen LogP contribution is 2.19. The van der Waals surface area contributed by atoms with Gasteiger partial charge in [-0.2, -0.15) is 15.0 Å². The number of ether oxygens (including phenoxy) is 1. The molecule has 1 saturated heterocycles. The number of anilines is 2. The quantitative estimate of drug-likeness (QED) is 0.723. The standard InChI is InChI=1S/C13H23N5O2/c1-2-14-11-15-12(18-7-4-3-5-8-18)17-13(16-11)20-10-6-9-19/h19H,2-10H2,1H3,(H,14,15,16,17). The lowest BCUT2D eigenvalue weighted by molar-refractivity contribution is 0.224. The van der Waals surface area contributed by atoms with Gasteiger partial charge >= 0.3 is 6.01 Å². The second-order valence-electron chi connectivity index (χ2n) is 4.75. The number of piperidine rings is 1. The first-order chi connectivity index (χ1) is 9.83. The molecule has 2 N–H and O–H groups in total. The molecule has 7 heteroatoms. The Balaban J connectivity index is 2.11. The van der Waals surface area contributed by atoms with Crippen LogP contribution in [-0.4, -0.2) is 52.9 Å². The third-order valence-corrected chi connectivity index (χ3v) is 3.11. The van der Waals surface area contributed by atoms with Crippen LogP contribution in [0.4, 0.5) is 11.9 Å². The van der Waals surface area contributed by atoms with E-state index < -0.39 is 0 Å². The van der Waals surface area contributed by atoms with Gasteiger partial charge in [0.2, 0.25) is 11.9 Å². The molecule has 1 aliphatic heterocycles. The molecule has 1 aliphatic rings. The van der Waals surface area contributed by atoms with E-state index in [-0.39, 0.29) is 6.61 Å². The Bertz CT molecular complexity index is 410. The fraction of sp³-hybridized carbons (Fsp3) is 0.769. The molecule has 112 valence electrons. The molecule has 1 aromatic rings. The van der Waals surface area contributed by atoms with Crippen molar-refractivity contribution in [3.05, 3.63) is 0 Å². The summed E-state index contributed by atoms with van der Waals surface area (Å²) in [5, 5.41) is 11.9. The highest BCUT2D eigenvalue weighted by atomic mass is 16.5. The van der Waals surface area contributed by atoms with Crippen LogP contribution in [0.5, 0.6) is 6.01 Å². The van der Waals surface area contributed by atoms with Crippen molar-refractivity contribution in [2.45, 2.75) is 32.6 Å². The van der Waals surface area contributed by atoms with Crippen molar-refractivity contribution >= 4 is 11.9 Å². The summed E-state index contributed by atoms with van der Waals surface area (Å²) in [5.41, 5.74) is 0. The van der Waals surface area contributed by atoms with Gasteiger partial charge in [-0.3, -0.25) is 0 Å². The summed E-state index contributed by atoms with van der Waals surface area (Å²) in [6, 6.07) is 0.324. The Hall–Kier alpha value is -1.63. The topological polar surface area (TPSA) is 83.4 Å². The Morgan fingerprint density at radius 3 is 2.70 bits per heavy atom. The first-order valence-electron chi connectivity index (χ1n) is 7.32. The minimum Gasteiger partial charge on any atom is -0.463 e. The van der Waals surface area contributed by atoms with Crippen molar-refractivity contribution in [1.82, 2.24) is 15.0 Å². The summed E-state index contributed by atoms with van der Waals surface area (Å²) >= 11 is 0. The van der Waals surface area contributed by atoms with Gasteiger partial charge in [-0.1, -0.05) is 0 Å². The van der Waals surface area contributed by atoms with Gasteiger partial charge in [0.15, 0.2) is 0 Å². The summed E-state index contributed by atoms with van der Waals surface area (Å²) in [6.07, 6.45) is 4.18. The van der Waals surface area contributed by atoms with Crippen LogP contribution in [0.15, 0.2) is 0 Å². The molecule has 0 bridgehead atoms. The highest BCUT2D eigenvalue weighted by molar-refractivity contribution is 5.38. The van der Waals surface area contributed by atoms with Gasteiger partial charge in [0.25, 0.3) is 0 Å². The molecule has 2 heterocycles. The molecule has 0 unspecified atom stereocenters. The van der Waals surface area contributed by atoms with Crippen LogP contribution in [-0.2, 0) is 0 Å². The second-order valence-corrected chi connectivity index (χ2v) is 4.75. The maximum atomic E-state index is 8.79. The number of aliphatic hydroxyl groups excluding tert-OH is 1. The van der Waals surface area contributed by atoms with Gasteiger partial charge in [0.05, 0.1) is 6.61 Å². The normalized spacial score (nSPS) is 15.2. The molecule has 0 spiro atoms. The first-order valence-corrected chi connectivity index (χ1v) is 7.32. The molecule has 0 radical (unpaired) electrons. The third kappa shape index (κ3) is 4.19. The monoisotopic (exact) mass is 281 g/mol. The number of nitrogens with one attached hydrogen (secondary N) is 1. The number of aliphatic hydroxyl groups is 1. The first kappa shape index (κ1) is 14.8. The Kier molecular flexibility index (Phi) is 5.79. The predicted molar refractivity (Wildman–Crippen MR) is 77.3 cm³/mol. The summed E-state index contributed by atoms with van der Waals surface area (Å²) in [4.78, 5) is 15.2. The van der Waals surface area contributed by atoms with Gasteiger partial charge in [-0.25, -0.2) is 0 Å². The van der Waals surface area contributed by atoms with Crippen LogP contribution < -0.4 is 15.0 Å². The smallest absolute Gasteiger partial charge is 0.323 e. The van der Waals surface area contributed by atoms with Crippen LogP contribution >= 0.6 is 0 Å². The number of hydrogen-bond acceptors (Lipinski definition) is 7. The van der Waals surface area contributed by atoms with E-state index in [4.69, 9.17) is 9.84 Å². The molecule has 0 saturated carbocycles. The number of aromatic nitrogens is 3. The molecule has 0 aliphatic carbocycles. The molecule has 2 rings (SSSR count). The summed E-state index contributed by atoms with van der Waals surface area (Å²) in [7, 11) is 0. The van der Waals surface area contributed by atoms with E-state index in [2.05, 4.69) is 25.2 Å². The Morgan fingerprint density at radius 2 is 2.00 bits per heavy atom. The van der Waals surface area contributed by atoms with E-state index in [1.807, 2.05) is 6.92 Å². The predicted octanol–water partition coefficient (Wildman–Crippen LogP) is 1.05. The minimum absolute atomic E-state index is 0.101. The lowest BCUT2D eigenvalue weighted by Gasteiger charge is -2.26. The molecule has 0 amide bonds. The fourth-order valence-corrected chi connectivity index (χ4v) is 2.11. The summed E-state index contributed by atoms with van der Waals surface area (Å²) < 4.78 is 5.48. The molecule has 1 fully saturated rings. The van der Waals surface area contributed by atoms with E-state index in [0.29, 0.717) is 30.9 Å². The van der Waals surface area contributed by atoms with Crippen LogP contribution in [0.25, 0.3) is 0 Å². The van der Waals surface area contributed by atoms with Crippen LogP contribution in [0.3, 0.4) is 0 Å². The van der Waals surface area contributed by atoms with Gasteiger partial charge in [0, 0.05) is 32.7 Å². The van der Waals surface area contributed by atoms with E-state index in [1.54, 1.807) is 0 Å². The Morgan fingerprint density at radius 1 is 1.20 bits per heavy atom. The number of hydrogen-bond donors (Lipinski definition) is 2. The van der Waals surface area contributed by atoms with E-state index in [0.717, 1.165) is 19.6 Å². The minimum atomic E-state index is 0.101. The van der Waals surface area contributed by atoms with Crippen molar-refractivity contribution in [3.8, 4) is 6.01 Å². The van der Waals surface area contributed by atoms with Crippen molar-refractivity contribution in [2.24, 2.45) is 0 Å². The van der Waals surface area contributed by atoms with Crippen LogP contribution in [0.2, 0.25) is 0 Å². The van der Waals surface area contributed by atoms with Crippen molar-refractivity contribution < 1.29 is 9.84 Å². The molecule has 20 heavy (non-hydrogen) atoms. The van der Waals surface area contributed by atoms with Crippen molar-refractivity contribution in [2.75, 3.05) is 43.1 Å². The SMILES string of the molecule is CCNc1nc(OCCCO)nc(N2CCCCC2)n1. The summed E-state index contributed by atoms with van der Waals surface area (Å²) in [6.45, 7) is 5.21. The van der Waals surface area contributed by atoms with Crippen molar-refractivity contribution in [1.29, 1.82) is 0 Å². The highest BCUT2D eigenvalue weighted by Gasteiger charge is 2.16. The van der Waals surface area contributed by atoms with E-state index >= 15 is 0 Å². The zero-order valence-electron chi connectivity index (χ0n) is 12.0. The average molecular weight is 281 g/mol. The van der Waals surface area contributed by atoms with E-state index in [1.165, 1.54) is 19.3 Å². The zero-order chi connectivity index (χ0) is 14.2. The average Bonchev–Trinajstić information content (AvgIpc) is 2.49. The largest absolute Gasteiger partial charge is 0.463 e. The van der Waals surface area contributed by atoms with Crippen molar-refractivity contribution in [3.63, 3.8) is 0 Å². The maximum absolute atomic E-state index is 8.79. The van der Waals surface area contributed by atoms with Gasteiger partial charge in [-0.05, 0) is 26.2 Å². The lowest BCUT2D eigenvalue weighted by Crippen LogP contribution is -2.31. The maximum Gasteiger partial charge on any atom is 0.323 e. The molecular formula is C13H23N5O2. The van der Waals surface area contributed by atoms with Crippen LogP contribution in [0.1, 0.15) is 32.6 Å². The number of rotatable bonds is 7. The molecule has 7 nitrogen and oxygen atoms in total.